The maximum Gasteiger partial charge on any atom is 0.00772 e. The Balaban J connectivity index is -0.000000366. The fraction of sp³-hybridized carbons (Fsp3) is 1.00. The Hall–Kier alpha value is 0.376. The van der Waals surface area contributed by atoms with E-state index in [1.165, 1.54) is 0 Å². The molecule has 0 aliphatic carbocycles. The molecule has 0 aliphatic rings. The van der Waals surface area contributed by atoms with E-state index in [-0.39, 0.29) is 17.1 Å². The molecule has 0 aliphatic heterocycles. The molecule has 7 N–H and O–H groups in total. The average Bonchev–Trinajstić information content (AvgIpc) is 2.25. The van der Waals surface area contributed by atoms with Crippen LogP contribution in [0.15, 0.2) is 0 Å². The number of hydrogen-bond donors (Lipinski definition) is 5. The molecule has 0 fully saturated rings. The summed E-state index contributed by atoms with van der Waals surface area (Å²) < 4.78 is 0. The molecule has 123 valence electrons. The van der Waals surface area contributed by atoms with Gasteiger partial charge >= 0.3 is 0 Å². The van der Waals surface area contributed by atoms with Crippen LogP contribution in [0.4, 0.5) is 0 Å². The van der Waals surface area contributed by atoms with Gasteiger partial charge in [0, 0.05) is 69.4 Å². The molecule has 0 saturated heterocycles. The Morgan fingerprint density at radius 1 is 0.632 bits per heavy atom. The van der Waals surface area contributed by atoms with Gasteiger partial charge in [0.15, 0.2) is 0 Å². The van der Waals surface area contributed by atoms with Crippen LogP contribution in [-0.2, 0) is 17.1 Å². The third-order valence-electron chi connectivity index (χ3n) is 1.60. The van der Waals surface area contributed by atoms with Gasteiger partial charge < -0.3 is 55.6 Å². The number of rotatable bonds is 10. The summed E-state index contributed by atoms with van der Waals surface area (Å²) in [5, 5.41) is 9.71. The Bertz CT molecular complexity index is 151. The number of hydrogen-bond acceptors (Lipinski definition) is 9. The molecule has 9 nitrogen and oxygen atoms in total. The average molecular weight is 345 g/mol. The van der Waals surface area contributed by atoms with Crippen molar-refractivity contribution in [3.63, 3.8) is 0 Å². The third-order valence-corrected chi connectivity index (χ3v) is 1.60. The van der Waals surface area contributed by atoms with E-state index in [0.717, 1.165) is 39.3 Å². The van der Waals surface area contributed by atoms with E-state index in [1.54, 1.807) is 0 Å². The molecule has 0 saturated carbocycles. The van der Waals surface area contributed by atoms with Crippen LogP contribution < -0.4 is 46.6 Å². The molecule has 0 unspecified atom stereocenters. The summed E-state index contributed by atoms with van der Waals surface area (Å²) in [6.45, 7) is 7.15. The van der Waals surface area contributed by atoms with Gasteiger partial charge in [-0.05, 0) is 0 Å². The molecule has 11 heteroatoms. The minimum atomic E-state index is -5.61. The Morgan fingerprint density at radius 3 is 1.05 bits per heavy atom. The second-order valence-electron chi connectivity index (χ2n) is 3.33. The fourth-order valence-electron chi connectivity index (χ4n) is 0.933. The Kier molecular flexibility index (Phi) is 23.6. The normalized spacial score (nSPS) is 10.4. The maximum absolute atomic E-state index is 8.58. The Labute approximate surface area is 125 Å². The van der Waals surface area contributed by atoms with Crippen molar-refractivity contribution in [3.05, 3.63) is 0 Å². The molecule has 0 amide bonds. The zero-order valence-corrected chi connectivity index (χ0v) is 12.7. The van der Waals surface area contributed by atoms with E-state index in [2.05, 4.69) is 16.0 Å². The van der Waals surface area contributed by atoms with Crippen molar-refractivity contribution in [1.82, 2.24) is 16.0 Å². The van der Waals surface area contributed by atoms with Gasteiger partial charge in [0.1, 0.15) is 0 Å². The summed E-state index contributed by atoms with van der Waals surface area (Å²) in [5.74, 6) is 0. The summed E-state index contributed by atoms with van der Waals surface area (Å²) in [5.41, 5.74) is 10.6. The van der Waals surface area contributed by atoms with Crippen LogP contribution >= 0.6 is 0 Å². The summed E-state index contributed by atoms with van der Waals surface area (Å²) in [7, 11) is -5.61. The zero-order chi connectivity index (χ0) is 14.3. The van der Waals surface area contributed by atoms with Crippen molar-refractivity contribution in [3.8, 4) is 0 Å². The van der Waals surface area contributed by atoms with Crippen LogP contribution in [0.1, 0.15) is 0 Å². The Morgan fingerprint density at radius 2 is 0.842 bits per heavy atom. The third kappa shape index (κ3) is 45.8. The van der Waals surface area contributed by atoms with Gasteiger partial charge in [-0.25, -0.2) is 0 Å². The summed E-state index contributed by atoms with van der Waals surface area (Å²) in [6, 6.07) is 0. The molecule has 1 radical (unpaired) electrons. The molecule has 0 heterocycles. The topological polar surface area (TPSA) is 180 Å². The summed E-state index contributed by atoms with van der Waals surface area (Å²) in [4.78, 5) is 34.3. The fourth-order valence-corrected chi connectivity index (χ4v) is 0.933. The van der Waals surface area contributed by atoms with E-state index in [0.29, 0.717) is 13.1 Å². The first kappa shape index (κ1) is 24.4. The van der Waals surface area contributed by atoms with Crippen LogP contribution in [0.3, 0.4) is 0 Å². The minimum Gasteiger partial charge on any atom is -0.894 e. The SMILES string of the molecule is NCCNCCNCCNCCN.[Cu].[O-][Si]([O-])([O-])[O-]. The van der Waals surface area contributed by atoms with E-state index < -0.39 is 9.05 Å². The molecule has 0 aromatic carbocycles. The van der Waals surface area contributed by atoms with Crippen molar-refractivity contribution < 1.29 is 36.3 Å². The maximum atomic E-state index is 8.58. The molecule has 0 spiro atoms. The predicted molar refractivity (Wildman–Crippen MR) is 62.5 cm³/mol. The van der Waals surface area contributed by atoms with E-state index >= 15 is 0 Å². The largest absolute Gasteiger partial charge is 0.894 e. The molecule has 0 rings (SSSR count). The van der Waals surface area contributed by atoms with Crippen molar-refractivity contribution in [2.75, 3.05) is 52.4 Å². The van der Waals surface area contributed by atoms with Crippen molar-refractivity contribution in [2.45, 2.75) is 0 Å². The van der Waals surface area contributed by atoms with Crippen molar-refractivity contribution >= 4 is 9.05 Å². The molecule has 0 bridgehead atoms. The summed E-state index contributed by atoms with van der Waals surface area (Å²) in [6.07, 6.45) is 0. The quantitative estimate of drug-likeness (QED) is 0.190. The van der Waals surface area contributed by atoms with Crippen LogP contribution in [0.25, 0.3) is 0 Å². The van der Waals surface area contributed by atoms with Crippen LogP contribution in [0.2, 0.25) is 0 Å². The second kappa shape index (κ2) is 18.4. The first-order chi connectivity index (χ1) is 8.41. The first-order valence-corrected chi connectivity index (χ1v) is 7.39. The molecular weight excluding hydrogens is 322 g/mol. The predicted octanol–water partition coefficient (Wildman–Crippen LogP) is -7.47. The second-order valence-corrected chi connectivity index (χ2v) is 4.33. The number of nitrogens with two attached hydrogens (primary N) is 2. The first-order valence-electron chi connectivity index (χ1n) is 5.75. The molecule has 19 heavy (non-hydrogen) atoms. The van der Waals surface area contributed by atoms with E-state index in [1.807, 2.05) is 0 Å². The van der Waals surface area contributed by atoms with Crippen molar-refractivity contribution in [1.29, 1.82) is 0 Å². The van der Waals surface area contributed by atoms with E-state index in [9.17, 15) is 0 Å². The molecular formula is C8H23CuN5O4Si-4. The van der Waals surface area contributed by atoms with Crippen LogP contribution in [0.5, 0.6) is 0 Å². The van der Waals surface area contributed by atoms with Gasteiger partial charge in [-0.1, -0.05) is 0 Å². The van der Waals surface area contributed by atoms with Crippen molar-refractivity contribution in [2.24, 2.45) is 11.5 Å². The zero-order valence-electron chi connectivity index (χ0n) is 10.7. The van der Waals surface area contributed by atoms with E-state index in [4.69, 9.17) is 30.7 Å². The molecule has 0 aromatic heterocycles. The van der Waals surface area contributed by atoms with Gasteiger partial charge in [0.2, 0.25) is 0 Å². The van der Waals surface area contributed by atoms with Gasteiger partial charge in [-0.15, -0.1) is 0 Å². The van der Waals surface area contributed by atoms with Gasteiger partial charge in [-0.2, -0.15) is 0 Å². The summed E-state index contributed by atoms with van der Waals surface area (Å²) >= 11 is 0. The monoisotopic (exact) mass is 344 g/mol. The molecule has 0 atom stereocenters. The van der Waals surface area contributed by atoms with Gasteiger partial charge in [0.25, 0.3) is 0 Å². The van der Waals surface area contributed by atoms with Gasteiger partial charge in [0.05, 0.1) is 0 Å². The van der Waals surface area contributed by atoms with Crippen LogP contribution in [-0.4, -0.2) is 61.4 Å². The number of nitrogens with one attached hydrogen (secondary N) is 3. The van der Waals surface area contributed by atoms with Gasteiger partial charge in [-0.3, -0.25) is 0 Å². The minimum absolute atomic E-state index is 0. The smallest absolute Gasteiger partial charge is 0.00772 e. The van der Waals surface area contributed by atoms with Crippen LogP contribution in [0, 0.1) is 0 Å². The standard InChI is InChI=1S/C8H23N5.Cu.O4Si/c9-1-3-11-5-7-13-8-6-12-4-2-10;;1-5(2,3)4/h11-13H,1-10H2;;/q;;-4. The molecule has 0 aromatic rings.